The fourth-order valence-electron chi connectivity index (χ4n) is 2.57. The van der Waals surface area contributed by atoms with E-state index in [4.69, 9.17) is 25.1 Å². The van der Waals surface area contributed by atoms with Gasteiger partial charge in [0.1, 0.15) is 0 Å². The fraction of sp³-hybridized carbons (Fsp3) is 0.211. The number of rotatable bonds is 8. The lowest BCUT2D eigenvalue weighted by Crippen LogP contribution is -2.15. The first-order chi connectivity index (χ1) is 13.1. The molecule has 0 spiro atoms. The number of nitrogens with zero attached hydrogens (tertiary/aromatic N) is 1. The zero-order valence-corrected chi connectivity index (χ0v) is 16.7. The van der Waals surface area contributed by atoms with Crippen molar-refractivity contribution in [2.24, 2.45) is 0 Å². The van der Waals surface area contributed by atoms with Gasteiger partial charge in [0.25, 0.3) is 0 Å². The van der Waals surface area contributed by atoms with Crippen LogP contribution in [-0.2, 0) is 26.6 Å². The molecule has 2 aromatic carbocycles. The second-order valence-corrected chi connectivity index (χ2v) is 8.29. The molecule has 0 unspecified atom stereocenters. The highest BCUT2D eigenvalue weighted by Crippen LogP contribution is 2.47. The Kier molecular flexibility index (Phi) is 6.34. The summed E-state index contributed by atoms with van der Waals surface area (Å²) in [5, 5.41) is 3.73. The van der Waals surface area contributed by atoms with E-state index in [2.05, 4.69) is 10.3 Å². The average Bonchev–Trinajstić information content (AvgIpc) is 3.11. The Balaban J connectivity index is 1.90. The molecule has 1 N–H and O–H groups in total. The van der Waals surface area contributed by atoms with E-state index in [1.165, 1.54) is 14.2 Å². The minimum absolute atomic E-state index is 0.116. The largest absolute Gasteiger partial charge is 0.424 e. The Morgan fingerprint density at radius 2 is 1.74 bits per heavy atom. The van der Waals surface area contributed by atoms with Crippen LogP contribution in [0.1, 0.15) is 17.0 Å². The Morgan fingerprint density at radius 3 is 2.41 bits per heavy atom. The van der Waals surface area contributed by atoms with Crippen LogP contribution < -0.4 is 10.8 Å². The van der Waals surface area contributed by atoms with Crippen molar-refractivity contribution in [1.82, 2.24) is 4.98 Å². The van der Waals surface area contributed by atoms with Gasteiger partial charge in [-0.25, -0.2) is 4.98 Å². The van der Waals surface area contributed by atoms with Crippen molar-refractivity contribution in [1.29, 1.82) is 0 Å². The molecule has 1 aromatic heterocycles. The third-order valence-electron chi connectivity index (χ3n) is 3.99. The van der Waals surface area contributed by atoms with Crippen molar-refractivity contribution in [2.75, 3.05) is 19.5 Å². The maximum absolute atomic E-state index is 12.9. The highest BCUT2D eigenvalue weighted by atomic mass is 35.5. The highest BCUT2D eigenvalue weighted by molar-refractivity contribution is 7.62. The summed E-state index contributed by atoms with van der Waals surface area (Å²) in [6.45, 7) is 0.375. The monoisotopic (exact) mass is 406 g/mol. The fourth-order valence-corrected chi connectivity index (χ4v) is 3.87. The van der Waals surface area contributed by atoms with Crippen molar-refractivity contribution in [3.8, 4) is 0 Å². The maximum atomic E-state index is 12.9. The molecule has 27 heavy (non-hydrogen) atoms. The van der Waals surface area contributed by atoms with E-state index in [9.17, 15) is 4.57 Å². The first kappa shape index (κ1) is 19.6. The van der Waals surface area contributed by atoms with Crippen molar-refractivity contribution in [2.45, 2.75) is 13.0 Å². The number of halogens is 1. The summed E-state index contributed by atoms with van der Waals surface area (Å²) in [6, 6.07) is 17.2. The predicted octanol–water partition coefficient (Wildman–Crippen LogP) is 4.64. The Hall–Kier alpha value is -2.11. The third kappa shape index (κ3) is 4.60. The van der Waals surface area contributed by atoms with Crippen LogP contribution in [0.15, 0.2) is 59.0 Å². The number of hydrogen-bond acceptors (Lipinski definition) is 6. The normalized spacial score (nSPS) is 11.5. The molecule has 3 aromatic rings. The molecule has 0 aliphatic rings. The van der Waals surface area contributed by atoms with E-state index in [1.807, 2.05) is 48.5 Å². The summed E-state index contributed by atoms with van der Waals surface area (Å²) in [4.78, 5) is 4.38. The number of benzene rings is 2. The molecule has 3 rings (SSSR count). The SMILES string of the molecule is COP(=O)(OC)c1nc(Cc2ccccc2)oc1NCc1ccccc1Cl. The molecule has 0 fully saturated rings. The molecule has 0 radical (unpaired) electrons. The lowest BCUT2D eigenvalue weighted by atomic mass is 10.2. The quantitative estimate of drug-likeness (QED) is 0.549. The van der Waals surface area contributed by atoms with Gasteiger partial charge in [-0.05, 0) is 17.2 Å². The number of oxazole rings is 1. The van der Waals surface area contributed by atoms with Gasteiger partial charge in [0.15, 0.2) is 0 Å². The first-order valence-electron chi connectivity index (χ1n) is 8.28. The molecule has 8 heteroatoms. The second-order valence-electron chi connectivity index (χ2n) is 5.73. The van der Waals surface area contributed by atoms with Gasteiger partial charge in [-0.3, -0.25) is 4.57 Å². The van der Waals surface area contributed by atoms with Crippen LogP contribution in [0.5, 0.6) is 0 Å². The molecular formula is C19H20ClN2O4P. The van der Waals surface area contributed by atoms with Gasteiger partial charge in [0.2, 0.25) is 17.2 Å². The Bertz CT molecular complexity index is 938. The first-order valence-corrected chi connectivity index (χ1v) is 10.2. The topological polar surface area (TPSA) is 73.6 Å². The molecule has 142 valence electrons. The average molecular weight is 407 g/mol. The molecular weight excluding hydrogens is 387 g/mol. The number of hydrogen-bond donors (Lipinski definition) is 1. The summed E-state index contributed by atoms with van der Waals surface area (Å²) in [5.41, 5.74) is 2.01. The summed E-state index contributed by atoms with van der Waals surface area (Å²) < 4.78 is 28.9. The van der Waals surface area contributed by atoms with Crippen molar-refractivity contribution >= 4 is 30.5 Å². The highest BCUT2D eigenvalue weighted by Gasteiger charge is 2.34. The van der Waals surface area contributed by atoms with Gasteiger partial charge in [-0.2, -0.15) is 0 Å². The van der Waals surface area contributed by atoms with Gasteiger partial charge in [0.05, 0.1) is 0 Å². The third-order valence-corrected chi connectivity index (χ3v) is 6.14. The molecule has 0 saturated carbocycles. The van der Waals surface area contributed by atoms with Crippen molar-refractivity contribution in [3.05, 3.63) is 76.6 Å². The van der Waals surface area contributed by atoms with E-state index in [0.717, 1.165) is 11.1 Å². The van der Waals surface area contributed by atoms with Gasteiger partial charge < -0.3 is 18.8 Å². The van der Waals surface area contributed by atoms with E-state index in [-0.39, 0.29) is 11.3 Å². The summed E-state index contributed by atoms with van der Waals surface area (Å²) in [6.07, 6.45) is 0.453. The number of anilines is 1. The standard InChI is InChI=1S/C19H20ClN2O4P/c1-24-27(23,25-2)19-18(21-13-15-10-6-7-11-16(15)20)26-17(22-19)12-14-8-4-3-5-9-14/h3-11,21H,12-13H2,1-2H3. The van der Waals surface area contributed by atoms with Crippen molar-refractivity contribution in [3.63, 3.8) is 0 Å². The zero-order valence-electron chi connectivity index (χ0n) is 15.0. The van der Waals surface area contributed by atoms with Gasteiger partial charge in [0, 0.05) is 32.2 Å². The molecule has 0 amide bonds. The molecule has 1 heterocycles. The van der Waals surface area contributed by atoms with E-state index >= 15 is 0 Å². The molecule has 0 atom stereocenters. The van der Waals surface area contributed by atoms with Gasteiger partial charge in [-0.1, -0.05) is 60.1 Å². The van der Waals surface area contributed by atoms with E-state index < -0.39 is 7.60 Å². The van der Waals surface area contributed by atoms with Crippen LogP contribution in [0, 0.1) is 0 Å². The molecule has 0 aliphatic heterocycles. The Morgan fingerprint density at radius 1 is 1.07 bits per heavy atom. The summed E-state index contributed by atoms with van der Waals surface area (Å²) in [5.74, 6) is 0.653. The molecule has 0 saturated heterocycles. The van der Waals surface area contributed by atoms with Crippen LogP contribution in [-0.4, -0.2) is 19.2 Å². The van der Waals surface area contributed by atoms with Crippen LogP contribution in [0.3, 0.4) is 0 Å². The Labute approximate surface area is 163 Å². The van der Waals surface area contributed by atoms with Gasteiger partial charge in [-0.15, -0.1) is 0 Å². The van der Waals surface area contributed by atoms with E-state index in [0.29, 0.717) is 23.9 Å². The molecule has 0 bridgehead atoms. The minimum Gasteiger partial charge on any atom is -0.424 e. The smallest absolute Gasteiger partial charge is 0.384 e. The van der Waals surface area contributed by atoms with Crippen LogP contribution in [0.4, 0.5) is 5.88 Å². The predicted molar refractivity (Wildman–Crippen MR) is 106 cm³/mol. The van der Waals surface area contributed by atoms with Gasteiger partial charge >= 0.3 is 7.60 Å². The summed E-state index contributed by atoms with van der Waals surface area (Å²) in [7, 11) is -0.962. The van der Waals surface area contributed by atoms with E-state index in [1.54, 1.807) is 6.07 Å². The summed E-state index contributed by atoms with van der Waals surface area (Å²) >= 11 is 6.20. The second kappa shape index (κ2) is 8.72. The number of nitrogens with one attached hydrogen (secondary N) is 1. The number of aromatic nitrogens is 1. The minimum atomic E-state index is -3.59. The lowest BCUT2D eigenvalue weighted by Gasteiger charge is -2.12. The van der Waals surface area contributed by atoms with Crippen LogP contribution >= 0.6 is 19.2 Å². The lowest BCUT2D eigenvalue weighted by molar-refractivity contribution is 0.286. The van der Waals surface area contributed by atoms with Crippen molar-refractivity contribution < 1.29 is 18.0 Å². The van der Waals surface area contributed by atoms with Crippen LogP contribution in [0.25, 0.3) is 0 Å². The van der Waals surface area contributed by atoms with Crippen LogP contribution in [0.2, 0.25) is 5.02 Å². The molecule has 6 nitrogen and oxygen atoms in total. The molecule has 0 aliphatic carbocycles. The zero-order chi connectivity index (χ0) is 19.3. The maximum Gasteiger partial charge on any atom is 0.384 e.